The third-order valence-electron chi connectivity index (χ3n) is 3.32. The first-order valence-electron chi connectivity index (χ1n) is 6.67. The Morgan fingerprint density at radius 3 is 2.82 bits per heavy atom. The normalized spacial score (nSPS) is 16.6. The average molecular weight is 302 g/mol. The van der Waals surface area contributed by atoms with Gasteiger partial charge in [0.2, 0.25) is 6.10 Å². The van der Waals surface area contributed by atoms with Crippen LogP contribution >= 0.6 is 0 Å². The molecule has 0 fully saturated rings. The number of hydrogen-bond donors (Lipinski definition) is 0. The minimum atomic E-state index is -0.878. The van der Waals surface area contributed by atoms with Gasteiger partial charge < -0.3 is 13.9 Å². The Kier molecular flexibility index (Phi) is 3.54. The summed E-state index contributed by atoms with van der Waals surface area (Å²) in [6.07, 6.45) is 0.417. The molecule has 1 amide bonds. The molecule has 2 heterocycles. The zero-order valence-electron chi connectivity index (χ0n) is 12.1. The van der Waals surface area contributed by atoms with E-state index in [2.05, 4.69) is 4.98 Å². The molecule has 114 valence electrons. The van der Waals surface area contributed by atoms with Crippen molar-refractivity contribution in [2.24, 2.45) is 0 Å². The lowest BCUT2D eigenvalue weighted by Crippen LogP contribution is -2.47. The molecule has 0 saturated heterocycles. The van der Waals surface area contributed by atoms with Gasteiger partial charge in [-0.3, -0.25) is 9.69 Å². The van der Waals surface area contributed by atoms with Gasteiger partial charge in [-0.15, -0.1) is 0 Å². The Balaban J connectivity index is 1.98. The molecule has 3 rings (SSSR count). The van der Waals surface area contributed by atoms with E-state index in [0.29, 0.717) is 17.3 Å². The van der Waals surface area contributed by atoms with Gasteiger partial charge in [-0.25, -0.2) is 9.78 Å². The summed E-state index contributed by atoms with van der Waals surface area (Å²) in [4.78, 5) is 29.9. The molecule has 22 heavy (non-hydrogen) atoms. The molecule has 2 aromatic rings. The monoisotopic (exact) mass is 302 g/mol. The van der Waals surface area contributed by atoms with E-state index in [0.717, 1.165) is 0 Å². The number of esters is 1. The van der Waals surface area contributed by atoms with Crippen molar-refractivity contribution >= 4 is 17.6 Å². The van der Waals surface area contributed by atoms with E-state index in [9.17, 15) is 9.59 Å². The molecule has 0 aliphatic carbocycles. The first-order valence-corrected chi connectivity index (χ1v) is 6.67. The second kappa shape index (κ2) is 5.51. The second-order valence-corrected chi connectivity index (χ2v) is 4.76. The summed E-state index contributed by atoms with van der Waals surface area (Å²) >= 11 is 0. The van der Waals surface area contributed by atoms with E-state index in [1.54, 1.807) is 31.2 Å². The summed E-state index contributed by atoms with van der Waals surface area (Å²) in [5, 5.41) is 0. The van der Waals surface area contributed by atoms with E-state index in [-0.39, 0.29) is 18.1 Å². The molecule has 0 unspecified atom stereocenters. The third kappa shape index (κ3) is 2.41. The van der Waals surface area contributed by atoms with Crippen LogP contribution in [0.25, 0.3) is 0 Å². The summed E-state index contributed by atoms with van der Waals surface area (Å²) in [5.74, 6) is -0.0581. The van der Waals surface area contributed by atoms with Gasteiger partial charge in [-0.2, -0.15) is 0 Å². The number of nitrogens with zero attached hydrogens (tertiary/aromatic N) is 2. The van der Waals surface area contributed by atoms with E-state index in [4.69, 9.17) is 13.9 Å². The molecular weight excluding hydrogens is 288 g/mol. The summed E-state index contributed by atoms with van der Waals surface area (Å²) in [6, 6.07) is 6.99. The van der Waals surface area contributed by atoms with Crippen molar-refractivity contribution in [3.05, 3.63) is 42.1 Å². The van der Waals surface area contributed by atoms with Crippen molar-refractivity contribution in [1.82, 2.24) is 4.98 Å². The van der Waals surface area contributed by atoms with Gasteiger partial charge in [-0.05, 0) is 12.1 Å². The van der Waals surface area contributed by atoms with Crippen LogP contribution in [0.2, 0.25) is 0 Å². The minimum absolute atomic E-state index is 0.0500. The molecule has 1 atom stereocenters. The van der Waals surface area contributed by atoms with Gasteiger partial charge in [0.15, 0.2) is 11.6 Å². The molecule has 0 bridgehead atoms. The number of para-hydroxylation sites is 2. The van der Waals surface area contributed by atoms with Gasteiger partial charge in [0.05, 0.1) is 19.3 Å². The van der Waals surface area contributed by atoms with Gasteiger partial charge in [0.25, 0.3) is 5.91 Å². The van der Waals surface area contributed by atoms with Crippen molar-refractivity contribution in [3.63, 3.8) is 0 Å². The minimum Gasteiger partial charge on any atom is -0.475 e. The standard InChI is InChI=1S/C15H14N2O5/c1-9-16-10(8-21-9)14(18)17-7-13(15(19)20-2)22-12-6-4-3-5-11(12)17/h3-6,8,13H,7H2,1-2H3/t13-/m1/s1. The quantitative estimate of drug-likeness (QED) is 0.783. The zero-order chi connectivity index (χ0) is 15.7. The first-order chi connectivity index (χ1) is 10.6. The Morgan fingerprint density at radius 2 is 2.14 bits per heavy atom. The summed E-state index contributed by atoms with van der Waals surface area (Å²) in [6.45, 7) is 1.70. The predicted octanol–water partition coefficient (Wildman–Crippen LogP) is 1.56. The molecule has 0 spiro atoms. The fourth-order valence-corrected chi connectivity index (χ4v) is 2.28. The second-order valence-electron chi connectivity index (χ2n) is 4.76. The number of aromatic nitrogens is 1. The van der Waals surface area contributed by atoms with E-state index in [1.807, 2.05) is 0 Å². The molecule has 7 heteroatoms. The van der Waals surface area contributed by atoms with Gasteiger partial charge >= 0.3 is 5.97 Å². The molecule has 0 N–H and O–H groups in total. The van der Waals surface area contributed by atoms with Gasteiger partial charge in [0.1, 0.15) is 12.0 Å². The predicted molar refractivity (Wildman–Crippen MR) is 75.8 cm³/mol. The van der Waals surface area contributed by atoms with Crippen LogP contribution in [0.15, 0.2) is 34.9 Å². The number of hydrogen-bond acceptors (Lipinski definition) is 6. The van der Waals surface area contributed by atoms with Crippen molar-refractivity contribution in [2.75, 3.05) is 18.6 Å². The number of carbonyl (C=O) groups is 2. The van der Waals surface area contributed by atoms with Gasteiger partial charge in [-0.1, -0.05) is 12.1 Å². The van der Waals surface area contributed by atoms with Gasteiger partial charge in [0, 0.05) is 6.92 Å². The Bertz CT molecular complexity index is 724. The Morgan fingerprint density at radius 1 is 1.36 bits per heavy atom. The number of methoxy groups -OCH3 is 1. The number of ether oxygens (including phenoxy) is 2. The highest BCUT2D eigenvalue weighted by atomic mass is 16.6. The molecule has 1 aliphatic heterocycles. The smallest absolute Gasteiger partial charge is 0.348 e. The maximum Gasteiger partial charge on any atom is 0.348 e. The van der Waals surface area contributed by atoms with Crippen LogP contribution in [-0.4, -0.2) is 36.6 Å². The molecule has 1 aromatic carbocycles. The van der Waals surface area contributed by atoms with Crippen LogP contribution in [-0.2, 0) is 9.53 Å². The van der Waals surface area contributed by atoms with E-state index >= 15 is 0 Å². The highest BCUT2D eigenvalue weighted by molar-refractivity contribution is 6.06. The number of carbonyl (C=O) groups excluding carboxylic acids is 2. The van der Waals surface area contributed by atoms with Crippen molar-refractivity contribution in [3.8, 4) is 5.75 Å². The number of aryl methyl sites for hydroxylation is 1. The summed E-state index contributed by atoms with van der Waals surface area (Å²) in [7, 11) is 1.28. The van der Waals surface area contributed by atoms with Crippen molar-refractivity contribution < 1.29 is 23.5 Å². The molecule has 7 nitrogen and oxygen atoms in total. The molecule has 0 saturated carbocycles. The zero-order valence-corrected chi connectivity index (χ0v) is 12.1. The number of oxazole rings is 1. The average Bonchev–Trinajstić information content (AvgIpc) is 2.98. The number of fused-ring (bicyclic) bond motifs is 1. The lowest BCUT2D eigenvalue weighted by molar-refractivity contribution is -0.148. The van der Waals surface area contributed by atoms with Crippen molar-refractivity contribution in [2.45, 2.75) is 13.0 Å². The SMILES string of the molecule is COC(=O)[C@H]1CN(C(=O)c2coc(C)n2)c2ccccc2O1. The maximum absolute atomic E-state index is 12.6. The van der Waals surface area contributed by atoms with Crippen LogP contribution in [0.5, 0.6) is 5.75 Å². The van der Waals surface area contributed by atoms with E-state index in [1.165, 1.54) is 18.3 Å². The highest BCUT2D eigenvalue weighted by Gasteiger charge is 2.35. The molecular formula is C15H14N2O5. The topological polar surface area (TPSA) is 81.9 Å². The Hall–Kier alpha value is -2.83. The number of rotatable bonds is 2. The van der Waals surface area contributed by atoms with Crippen LogP contribution in [0.4, 0.5) is 5.69 Å². The first kappa shape index (κ1) is 14.1. The fraction of sp³-hybridized carbons (Fsp3) is 0.267. The van der Waals surface area contributed by atoms with Crippen LogP contribution in [0, 0.1) is 6.92 Å². The van der Waals surface area contributed by atoms with Crippen LogP contribution in [0.1, 0.15) is 16.4 Å². The lowest BCUT2D eigenvalue weighted by Gasteiger charge is -2.33. The van der Waals surface area contributed by atoms with Crippen molar-refractivity contribution in [1.29, 1.82) is 0 Å². The number of anilines is 1. The largest absolute Gasteiger partial charge is 0.475 e. The summed E-state index contributed by atoms with van der Waals surface area (Å²) < 4.78 is 15.4. The summed E-state index contributed by atoms with van der Waals surface area (Å²) in [5.41, 5.74) is 0.756. The van der Waals surface area contributed by atoms with Crippen LogP contribution < -0.4 is 9.64 Å². The lowest BCUT2D eigenvalue weighted by atomic mass is 10.1. The maximum atomic E-state index is 12.6. The molecule has 1 aromatic heterocycles. The molecule has 0 radical (unpaired) electrons. The fourth-order valence-electron chi connectivity index (χ4n) is 2.28. The Labute approximate surface area is 126 Å². The highest BCUT2D eigenvalue weighted by Crippen LogP contribution is 2.34. The molecule has 1 aliphatic rings. The number of amides is 1. The third-order valence-corrected chi connectivity index (χ3v) is 3.32. The van der Waals surface area contributed by atoms with E-state index < -0.39 is 12.1 Å². The van der Waals surface area contributed by atoms with Crippen LogP contribution in [0.3, 0.4) is 0 Å². The number of benzene rings is 1.